The lowest BCUT2D eigenvalue weighted by molar-refractivity contribution is 0.126. The molecule has 0 radical (unpaired) electrons. The smallest absolute Gasteiger partial charge is 0.123 e. The van der Waals surface area contributed by atoms with Crippen LogP contribution in [0.25, 0.3) is 0 Å². The van der Waals surface area contributed by atoms with Crippen molar-refractivity contribution in [1.29, 1.82) is 0 Å². The zero-order valence-corrected chi connectivity index (χ0v) is 14.0. The number of ether oxygens (including phenoxy) is 1. The molecule has 1 aromatic rings. The lowest BCUT2D eigenvalue weighted by Gasteiger charge is -2.33. The molecule has 2 fully saturated rings. The van der Waals surface area contributed by atoms with E-state index in [2.05, 4.69) is 17.1 Å². The molecule has 3 rings (SSSR count). The number of hydrogen-bond donors (Lipinski definition) is 1. The topological polar surface area (TPSA) is 24.5 Å². The Hall–Kier alpha value is -0.840. The summed E-state index contributed by atoms with van der Waals surface area (Å²) in [7, 11) is 0. The van der Waals surface area contributed by atoms with Gasteiger partial charge in [0.25, 0.3) is 0 Å². The fourth-order valence-corrected chi connectivity index (χ4v) is 3.51. The van der Waals surface area contributed by atoms with Crippen LogP contribution in [0.2, 0.25) is 0 Å². The Morgan fingerprint density at radius 3 is 2.82 bits per heavy atom. The number of halogens is 2. The van der Waals surface area contributed by atoms with E-state index >= 15 is 0 Å². The molecule has 124 valence electrons. The van der Waals surface area contributed by atoms with Crippen LogP contribution in [0.5, 0.6) is 5.75 Å². The molecular weight excluding hydrogens is 303 g/mol. The standard InChI is InChI=1S/C17H25FN2O.ClH/c1-17(8-9-19-12-17)13-20-10-2-3-15(20)11-21-16-6-4-14(18)5-7-16;/h4-7,15,19H,2-3,8-13H2,1H3;1H. The number of nitrogens with zero attached hydrogens (tertiary/aromatic N) is 1. The summed E-state index contributed by atoms with van der Waals surface area (Å²) >= 11 is 0. The second-order valence-corrected chi connectivity index (χ2v) is 6.77. The first-order valence-electron chi connectivity index (χ1n) is 7.98. The lowest BCUT2D eigenvalue weighted by Crippen LogP contribution is -2.42. The van der Waals surface area contributed by atoms with Gasteiger partial charge in [0.05, 0.1) is 0 Å². The molecule has 0 aliphatic carbocycles. The van der Waals surface area contributed by atoms with Gasteiger partial charge in [-0.05, 0) is 62.0 Å². The van der Waals surface area contributed by atoms with Gasteiger partial charge in [0.15, 0.2) is 0 Å². The highest BCUT2D eigenvalue weighted by Crippen LogP contribution is 2.29. The van der Waals surface area contributed by atoms with Gasteiger partial charge in [-0.1, -0.05) is 6.92 Å². The average Bonchev–Trinajstić information content (AvgIpc) is 3.08. The molecule has 2 aliphatic rings. The molecule has 2 unspecified atom stereocenters. The normalized spacial score (nSPS) is 28.5. The first-order valence-corrected chi connectivity index (χ1v) is 7.98. The summed E-state index contributed by atoms with van der Waals surface area (Å²) in [5, 5.41) is 3.47. The van der Waals surface area contributed by atoms with Gasteiger partial charge >= 0.3 is 0 Å². The molecule has 2 heterocycles. The van der Waals surface area contributed by atoms with Gasteiger partial charge in [-0.25, -0.2) is 4.39 Å². The predicted molar refractivity (Wildman–Crippen MR) is 89.3 cm³/mol. The highest BCUT2D eigenvalue weighted by atomic mass is 35.5. The molecular formula is C17H26ClFN2O. The number of hydrogen-bond acceptors (Lipinski definition) is 3. The Balaban J connectivity index is 0.00000176. The molecule has 0 aromatic heterocycles. The fourth-order valence-electron chi connectivity index (χ4n) is 3.51. The van der Waals surface area contributed by atoms with Crippen LogP contribution < -0.4 is 10.1 Å². The van der Waals surface area contributed by atoms with Gasteiger partial charge in [-0.15, -0.1) is 12.4 Å². The van der Waals surface area contributed by atoms with Crippen LogP contribution in [0, 0.1) is 11.2 Å². The van der Waals surface area contributed by atoms with Crippen LogP contribution >= 0.6 is 12.4 Å². The van der Waals surface area contributed by atoms with Crippen molar-refractivity contribution < 1.29 is 9.13 Å². The predicted octanol–water partition coefficient (Wildman–Crippen LogP) is 3.09. The fraction of sp³-hybridized carbons (Fsp3) is 0.647. The van der Waals surface area contributed by atoms with E-state index in [-0.39, 0.29) is 18.2 Å². The zero-order chi connectivity index (χ0) is 14.7. The Morgan fingerprint density at radius 2 is 2.14 bits per heavy atom. The summed E-state index contributed by atoms with van der Waals surface area (Å²) in [6, 6.07) is 6.81. The molecule has 0 saturated carbocycles. The minimum atomic E-state index is -0.216. The second-order valence-electron chi connectivity index (χ2n) is 6.77. The number of likely N-dealkylation sites (tertiary alicyclic amines) is 1. The van der Waals surface area contributed by atoms with Gasteiger partial charge in [0.2, 0.25) is 0 Å². The Bertz CT molecular complexity index is 462. The Kier molecular flexibility index (Phi) is 6.07. The van der Waals surface area contributed by atoms with Gasteiger partial charge < -0.3 is 10.1 Å². The van der Waals surface area contributed by atoms with E-state index in [0.29, 0.717) is 18.1 Å². The van der Waals surface area contributed by atoms with Crippen molar-refractivity contribution in [2.24, 2.45) is 5.41 Å². The van der Waals surface area contributed by atoms with E-state index in [4.69, 9.17) is 4.74 Å². The van der Waals surface area contributed by atoms with Crippen molar-refractivity contribution in [2.45, 2.75) is 32.2 Å². The van der Waals surface area contributed by atoms with E-state index in [9.17, 15) is 4.39 Å². The second kappa shape index (κ2) is 7.62. The molecule has 0 amide bonds. The largest absolute Gasteiger partial charge is 0.492 e. The van der Waals surface area contributed by atoms with Gasteiger partial charge in [0.1, 0.15) is 18.2 Å². The number of rotatable bonds is 5. The molecule has 22 heavy (non-hydrogen) atoms. The van der Waals surface area contributed by atoms with E-state index in [1.165, 1.54) is 37.9 Å². The van der Waals surface area contributed by atoms with E-state index in [1.54, 1.807) is 12.1 Å². The van der Waals surface area contributed by atoms with Crippen molar-refractivity contribution in [3.8, 4) is 5.75 Å². The third-order valence-electron chi connectivity index (χ3n) is 4.80. The van der Waals surface area contributed by atoms with Crippen LogP contribution in [0.15, 0.2) is 24.3 Å². The summed E-state index contributed by atoms with van der Waals surface area (Å²) in [6.07, 6.45) is 3.71. The third kappa shape index (κ3) is 4.34. The molecule has 5 heteroatoms. The van der Waals surface area contributed by atoms with Crippen molar-refractivity contribution in [2.75, 3.05) is 32.8 Å². The Morgan fingerprint density at radius 1 is 1.36 bits per heavy atom. The van der Waals surface area contributed by atoms with Gasteiger partial charge in [-0.3, -0.25) is 4.90 Å². The maximum Gasteiger partial charge on any atom is 0.123 e. The molecule has 1 aromatic carbocycles. The van der Waals surface area contributed by atoms with Crippen molar-refractivity contribution in [3.05, 3.63) is 30.1 Å². The maximum absolute atomic E-state index is 12.9. The van der Waals surface area contributed by atoms with Crippen LogP contribution in [-0.2, 0) is 0 Å². The number of benzene rings is 1. The van der Waals surface area contributed by atoms with Crippen LogP contribution in [0.3, 0.4) is 0 Å². The van der Waals surface area contributed by atoms with Crippen molar-refractivity contribution >= 4 is 12.4 Å². The van der Waals surface area contributed by atoms with Gasteiger partial charge in [-0.2, -0.15) is 0 Å². The molecule has 2 saturated heterocycles. The Labute approximate surface area is 138 Å². The quantitative estimate of drug-likeness (QED) is 0.899. The summed E-state index contributed by atoms with van der Waals surface area (Å²) < 4.78 is 18.7. The minimum Gasteiger partial charge on any atom is -0.492 e. The summed E-state index contributed by atoms with van der Waals surface area (Å²) in [5.41, 5.74) is 0.401. The van der Waals surface area contributed by atoms with Crippen LogP contribution in [0.1, 0.15) is 26.2 Å². The monoisotopic (exact) mass is 328 g/mol. The van der Waals surface area contributed by atoms with Crippen molar-refractivity contribution in [1.82, 2.24) is 10.2 Å². The average molecular weight is 329 g/mol. The molecule has 2 aliphatic heterocycles. The summed E-state index contributed by atoms with van der Waals surface area (Å²) in [4.78, 5) is 2.58. The first-order chi connectivity index (χ1) is 10.1. The molecule has 2 atom stereocenters. The van der Waals surface area contributed by atoms with E-state index in [0.717, 1.165) is 25.4 Å². The highest BCUT2D eigenvalue weighted by Gasteiger charge is 2.35. The summed E-state index contributed by atoms with van der Waals surface area (Å²) in [5.74, 6) is 0.545. The molecule has 0 spiro atoms. The van der Waals surface area contributed by atoms with Crippen LogP contribution in [-0.4, -0.2) is 43.7 Å². The van der Waals surface area contributed by atoms with E-state index < -0.39 is 0 Å². The SMILES string of the molecule is CC1(CN2CCCC2COc2ccc(F)cc2)CCNC1.Cl. The van der Waals surface area contributed by atoms with Crippen molar-refractivity contribution in [3.63, 3.8) is 0 Å². The molecule has 3 nitrogen and oxygen atoms in total. The molecule has 1 N–H and O–H groups in total. The van der Waals surface area contributed by atoms with Crippen LogP contribution in [0.4, 0.5) is 4.39 Å². The highest BCUT2D eigenvalue weighted by molar-refractivity contribution is 5.85. The first kappa shape index (κ1) is 17.5. The third-order valence-corrected chi connectivity index (χ3v) is 4.80. The van der Waals surface area contributed by atoms with Gasteiger partial charge in [0, 0.05) is 19.1 Å². The number of nitrogens with one attached hydrogen (secondary N) is 1. The zero-order valence-electron chi connectivity index (χ0n) is 13.2. The molecule has 0 bridgehead atoms. The summed E-state index contributed by atoms with van der Waals surface area (Å²) in [6.45, 7) is 7.67. The lowest BCUT2D eigenvalue weighted by atomic mass is 9.89. The maximum atomic E-state index is 12.9. The van der Waals surface area contributed by atoms with E-state index in [1.807, 2.05) is 0 Å². The minimum absolute atomic E-state index is 0.